The van der Waals surface area contributed by atoms with Gasteiger partial charge in [-0.1, -0.05) is 50.7 Å². The standard InChI is InChI=1S/C14H16BrCl3N4O2S/c15-9-1-3-10(4-2-9)19-12(25)20-11(14(16,17)18)21-13(23)22-5-7-24-8-6-22/h1-4,11H,5-8H2,(H,21,23)(H2,19,20,25)/t11-/m0/s1. The lowest BCUT2D eigenvalue weighted by atomic mass is 10.3. The normalized spacial score (nSPS) is 16.1. The molecule has 2 amide bonds. The highest BCUT2D eigenvalue weighted by atomic mass is 79.9. The topological polar surface area (TPSA) is 65.6 Å². The second-order valence-electron chi connectivity index (χ2n) is 5.13. The number of ether oxygens (including phenoxy) is 1. The number of amides is 2. The molecule has 0 unspecified atom stereocenters. The molecule has 1 aromatic rings. The number of morpholine rings is 1. The molecule has 1 heterocycles. The lowest BCUT2D eigenvalue weighted by molar-refractivity contribution is 0.0524. The first kappa shape index (κ1) is 20.8. The fourth-order valence-corrected chi connectivity index (χ4v) is 2.84. The number of halogens is 4. The molecule has 1 aliphatic heterocycles. The zero-order valence-corrected chi connectivity index (χ0v) is 17.6. The van der Waals surface area contributed by atoms with Crippen LogP contribution in [-0.4, -0.2) is 52.3 Å². The van der Waals surface area contributed by atoms with Crippen molar-refractivity contribution in [3.63, 3.8) is 0 Å². The predicted octanol–water partition coefficient (Wildman–Crippen LogP) is 3.47. The summed E-state index contributed by atoms with van der Waals surface area (Å²) < 4.78 is 4.35. The Balaban J connectivity index is 1.95. The number of nitrogens with zero attached hydrogens (tertiary/aromatic N) is 1. The van der Waals surface area contributed by atoms with E-state index in [1.165, 1.54) is 0 Å². The highest BCUT2D eigenvalue weighted by Crippen LogP contribution is 2.29. The monoisotopic (exact) mass is 488 g/mol. The zero-order valence-electron chi connectivity index (χ0n) is 12.9. The quantitative estimate of drug-likeness (QED) is 0.344. The number of benzene rings is 1. The summed E-state index contributed by atoms with van der Waals surface area (Å²) in [5, 5.41) is 8.63. The summed E-state index contributed by atoms with van der Waals surface area (Å²) in [4.78, 5) is 13.9. The van der Waals surface area contributed by atoms with Crippen LogP contribution in [0.5, 0.6) is 0 Å². The predicted molar refractivity (Wildman–Crippen MR) is 109 cm³/mol. The molecule has 2 rings (SSSR count). The van der Waals surface area contributed by atoms with Crippen molar-refractivity contribution in [1.29, 1.82) is 0 Å². The first-order chi connectivity index (χ1) is 11.8. The maximum absolute atomic E-state index is 12.3. The van der Waals surface area contributed by atoms with Gasteiger partial charge in [-0.15, -0.1) is 0 Å². The molecule has 0 spiro atoms. The molecule has 25 heavy (non-hydrogen) atoms. The summed E-state index contributed by atoms with van der Waals surface area (Å²) in [5.41, 5.74) is 0.753. The van der Waals surface area contributed by atoms with Crippen molar-refractivity contribution in [3.8, 4) is 0 Å². The van der Waals surface area contributed by atoms with E-state index in [0.717, 1.165) is 10.2 Å². The molecule has 11 heteroatoms. The van der Waals surface area contributed by atoms with Crippen LogP contribution in [0.3, 0.4) is 0 Å². The highest BCUT2D eigenvalue weighted by molar-refractivity contribution is 9.10. The fourth-order valence-electron chi connectivity index (χ4n) is 2.01. The van der Waals surface area contributed by atoms with Crippen LogP contribution in [0, 0.1) is 0 Å². The number of anilines is 1. The molecule has 1 aromatic carbocycles. The number of hydrogen-bond donors (Lipinski definition) is 3. The van der Waals surface area contributed by atoms with Gasteiger partial charge in [0.2, 0.25) is 3.79 Å². The Hall–Kier alpha value is -0.510. The Morgan fingerprint density at radius 3 is 2.36 bits per heavy atom. The molecule has 1 aliphatic rings. The van der Waals surface area contributed by atoms with Gasteiger partial charge >= 0.3 is 6.03 Å². The van der Waals surface area contributed by atoms with Crippen molar-refractivity contribution in [2.24, 2.45) is 0 Å². The molecular weight excluding hydrogens is 475 g/mol. The van der Waals surface area contributed by atoms with Crippen molar-refractivity contribution in [2.45, 2.75) is 9.96 Å². The lowest BCUT2D eigenvalue weighted by Gasteiger charge is -2.32. The van der Waals surface area contributed by atoms with Crippen molar-refractivity contribution >= 4 is 79.8 Å². The van der Waals surface area contributed by atoms with E-state index < -0.39 is 9.96 Å². The van der Waals surface area contributed by atoms with Crippen LogP contribution in [0.1, 0.15) is 0 Å². The Morgan fingerprint density at radius 2 is 1.80 bits per heavy atom. The summed E-state index contributed by atoms with van der Waals surface area (Å²) in [7, 11) is 0. The number of hydrogen-bond acceptors (Lipinski definition) is 3. The third kappa shape index (κ3) is 6.96. The average molecular weight is 491 g/mol. The fraction of sp³-hybridized carbons (Fsp3) is 0.429. The Labute approximate surface area is 174 Å². The van der Waals surface area contributed by atoms with E-state index in [1.54, 1.807) is 4.90 Å². The minimum atomic E-state index is -1.80. The Kier molecular flexibility index (Phi) is 7.85. The maximum atomic E-state index is 12.3. The smallest absolute Gasteiger partial charge is 0.319 e. The third-order valence-corrected chi connectivity index (χ3v) is 4.67. The van der Waals surface area contributed by atoms with E-state index in [0.29, 0.717) is 26.3 Å². The lowest BCUT2D eigenvalue weighted by Crippen LogP contribution is -2.59. The van der Waals surface area contributed by atoms with Crippen LogP contribution in [0.2, 0.25) is 0 Å². The van der Waals surface area contributed by atoms with Gasteiger partial charge in [0.05, 0.1) is 13.2 Å². The van der Waals surface area contributed by atoms with Gasteiger partial charge in [-0.25, -0.2) is 4.79 Å². The number of urea groups is 1. The average Bonchev–Trinajstić information content (AvgIpc) is 2.56. The van der Waals surface area contributed by atoms with E-state index in [9.17, 15) is 4.79 Å². The van der Waals surface area contributed by atoms with E-state index in [1.807, 2.05) is 24.3 Å². The molecule has 1 saturated heterocycles. The van der Waals surface area contributed by atoms with Gasteiger partial charge in [-0.2, -0.15) is 0 Å². The molecule has 1 fully saturated rings. The van der Waals surface area contributed by atoms with Gasteiger partial charge in [0, 0.05) is 23.2 Å². The summed E-state index contributed by atoms with van der Waals surface area (Å²) in [5.74, 6) is 0. The minimum Gasteiger partial charge on any atom is -0.378 e. The summed E-state index contributed by atoms with van der Waals surface area (Å²) in [6.07, 6.45) is -1.01. The molecule has 6 nitrogen and oxygen atoms in total. The van der Waals surface area contributed by atoms with Crippen LogP contribution in [0.25, 0.3) is 0 Å². The zero-order chi connectivity index (χ0) is 18.4. The molecule has 1 atom stereocenters. The number of thiocarbonyl (C=S) groups is 1. The maximum Gasteiger partial charge on any atom is 0.319 e. The van der Waals surface area contributed by atoms with Gasteiger partial charge in [0.1, 0.15) is 0 Å². The summed E-state index contributed by atoms with van der Waals surface area (Å²) >= 11 is 26.5. The largest absolute Gasteiger partial charge is 0.378 e. The molecule has 0 radical (unpaired) electrons. The number of nitrogens with one attached hydrogen (secondary N) is 3. The molecule has 0 aromatic heterocycles. The van der Waals surface area contributed by atoms with Crippen LogP contribution in [-0.2, 0) is 4.74 Å². The van der Waals surface area contributed by atoms with Crippen LogP contribution in [0.15, 0.2) is 28.7 Å². The molecular formula is C14H16BrCl3N4O2S. The van der Waals surface area contributed by atoms with Crippen LogP contribution in [0.4, 0.5) is 10.5 Å². The highest BCUT2D eigenvalue weighted by Gasteiger charge is 2.35. The van der Waals surface area contributed by atoms with Gasteiger partial charge in [0.25, 0.3) is 0 Å². The Morgan fingerprint density at radius 1 is 1.20 bits per heavy atom. The van der Waals surface area contributed by atoms with Gasteiger partial charge in [0.15, 0.2) is 11.3 Å². The summed E-state index contributed by atoms with van der Waals surface area (Å²) in [6, 6.07) is 7.01. The molecule has 0 aliphatic carbocycles. The molecule has 0 bridgehead atoms. The molecule has 0 saturated carbocycles. The van der Waals surface area contributed by atoms with Crippen molar-refractivity contribution in [2.75, 3.05) is 31.6 Å². The second-order valence-corrected chi connectivity index (χ2v) is 8.82. The van der Waals surface area contributed by atoms with Gasteiger partial charge in [-0.3, -0.25) is 0 Å². The minimum absolute atomic E-state index is 0.209. The number of rotatable bonds is 3. The molecule has 3 N–H and O–H groups in total. The Bertz CT molecular complexity index is 609. The van der Waals surface area contributed by atoms with E-state index >= 15 is 0 Å². The van der Waals surface area contributed by atoms with E-state index in [-0.39, 0.29) is 11.1 Å². The van der Waals surface area contributed by atoms with Gasteiger partial charge < -0.3 is 25.6 Å². The first-order valence-corrected chi connectivity index (χ1v) is 9.62. The molecule has 138 valence electrons. The van der Waals surface area contributed by atoms with Crippen LogP contribution < -0.4 is 16.0 Å². The SMILES string of the molecule is O=C(N[C@H](NC(=S)Nc1ccc(Br)cc1)C(Cl)(Cl)Cl)N1CCOCC1. The number of alkyl halides is 3. The first-order valence-electron chi connectivity index (χ1n) is 7.28. The van der Waals surface area contributed by atoms with Crippen molar-refractivity contribution in [3.05, 3.63) is 28.7 Å². The van der Waals surface area contributed by atoms with E-state index in [2.05, 4.69) is 31.9 Å². The number of carbonyl (C=O) groups is 1. The summed E-state index contributed by atoms with van der Waals surface area (Å²) in [6.45, 7) is 1.89. The van der Waals surface area contributed by atoms with E-state index in [4.69, 9.17) is 51.8 Å². The number of carbonyl (C=O) groups excluding carboxylic acids is 1. The van der Waals surface area contributed by atoms with Crippen molar-refractivity contribution in [1.82, 2.24) is 15.5 Å². The van der Waals surface area contributed by atoms with Gasteiger partial charge in [-0.05, 0) is 36.5 Å². The third-order valence-electron chi connectivity index (χ3n) is 3.27. The second kappa shape index (κ2) is 9.43. The van der Waals surface area contributed by atoms with Crippen LogP contribution >= 0.6 is 63.0 Å². The van der Waals surface area contributed by atoms with Crippen molar-refractivity contribution < 1.29 is 9.53 Å².